The molecule has 1 N–H and O–H groups in total. The molecule has 0 amide bonds. The topological polar surface area (TPSA) is 35.8 Å². The predicted molar refractivity (Wildman–Crippen MR) is 60.0 cm³/mol. The Balaban J connectivity index is 3.33. The Morgan fingerprint density at radius 1 is 1.25 bits per heavy atom. The van der Waals surface area contributed by atoms with Crippen LogP contribution in [0.2, 0.25) is 0 Å². The lowest BCUT2D eigenvalue weighted by Gasteiger charge is -2.14. The van der Waals surface area contributed by atoms with Crippen LogP contribution in [0.25, 0.3) is 0 Å². The SMILES string of the molecule is CC(C)(C#N)CCCNCCSC(F)(F)F. The van der Waals surface area contributed by atoms with Gasteiger partial charge in [-0.05, 0) is 45.0 Å². The number of rotatable bonds is 7. The Morgan fingerprint density at radius 3 is 2.38 bits per heavy atom. The number of nitrogens with one attached hydrogen (secondary N) is 1. The normalized spacial score (nSPS) is 12.5. The first-order chi connectivity index (χ1) is 7.27. The van der Waals surface area contributed by atoms with Gasteiger partial charge in [0.15, 0.2) is 0 Å². The molecule has 6 heteroatoms. The van der Waals surface area contributed by atoms with Crippen LogP contribution in [-0.2, 0) is 0 Å². The number of alkyl halides is 3. The van der Waals surface area contributed by atoms with Gasteiger partial charge in [-0.3, -0.25) is 0 Å². The zero-order chi connectivity index (χ0) is 12.7. The molecule has 0 heterocycles. The van der Waals surface area contributed by atoms with Gasteiger partial charge in [-0.2, -0.15) is 18.4 Å². The van der Waals surface area contributed by atoms with Crippen LogP contribution >= 0.6 is 11.8 Å². The number of nitriles is 1. The molecule has 0 unspecified atom stereocenters. The van der Waals surface area contributed by atoms with E-state index in [9.17, 15) is 13.2 Å². The second kappa shape index (κ2) is 7.02. The van der Waals surface area contributed by atoms with E-state index in [1.807, 2.05) is 13.8 Å². The molecule has 0 fully saturated rings. The van der Waals surface area contributed by atoms with Crippen molar-refractivity contribution >= 4 is 11.8 Å². The van der Waals surface area contributed by atoms with Crippen LogP contribution in [0.4, 0.5) is 13.2 Å². The van der Waals surface area contributed by atoms with E-state index in [1.165, 1.54) is 0 Å². The number of halogens is 3. The van der Waals surface area contributed by atoms with E-state index in [1.54, 1.807) is 0 Å². The second-order valence-electron chi connectivity index (χ2n) is 4.14. The van der Waals surface area contributed by atoms with E-state index in [0.717, 1.165) is 12.8 Å². The first-order valence-electron chi connectivity index (χ1n) is 5.09. The minimum atomic E-state index is -4.13. The fourth-order valence-electron chi connectivity index (χ4n) is 1.08. The van der Waals surface area contributed by atoms with Crippen molar-refractivity contribution in [1.29, 1.82) is 5.26 Å². The summed E-state index contributed by atoms with van der Waals surface area (Å²) in [6.07, 6.45) is 1.56. The first kappa shape index (κ1) is 15.6. The van der Waals surface area contributed by atoms with Crippen LogP contribution in [0.15, 0.2) is 0 Å². The van der Waals surface area contributed by atoms with E-state index >= 15 is 0 Å². The number of hydrogen-bond donors (Lipinski definition) is 1. The lowest BCUT2D eigenvalue weighted by molar-refractivity contribution is -0.0327. The molecular weight excluding hydrogens is 237 g/mol. The highest BCUT2D eigenvalue weighted by Crippen LogP contribution is 2.29. The summed E-state index contributed by atoms with van der Waals surface area (Å²) in [5.74, 6) is 0.0329. The van der Waals surface area contributed by atoms with Crippen LogP contribution in [0.1, 0.15) is 26.7 Å². The lowest BCUT2D eigenvalue weighted by atomic mass is 9.90. The molecule has 16 heavy (non-hydrogen) atoms. The average molecular weight is 254 g/mol. The Bertz CT molecular complexity index is 233. The van der Waals surface area contributed by atoms with Crippen molar-refractivity contribution in [3.05, 3.63) is 0 Å². The third-order valence-electron chi connectivity index (χ3n) is 2.00. The molecule has 0 aliphatic rings. The molecule has 0 saturated carbocycles. The molecule has 0 spiro atoms. The predicted octanol–water partition coefficient (Wildman–Crippen LogP) is 3.16. The molecular formula is C10H17F3N2S. The Hall–Kier alpha value is -0.410. The van der Waals surface area contributed by atoms with Crippen molar-refractivity contribution in [1.82, 2.24) is 5.32 Å². The van der Waals surface area contributed by atoms with Gasteiger partial charge in [-0.1, -0.05) is 0 Å². The van der Waals surface area contributed by atoms with Crippen LogP contribution in [0, 0.1) is 16.7 Å². The quantitative estimate of drug-likeness (QED) is 0.709. The highest BCUT2D eigenvalue weighted by Gasteiger charge is 2.27. The molecule has 0 aromatic rings. The van der Waals surface area contributed by atoms with Crippen LogP contribution in [0.3, 0.4) is 0 Å². The van der Waals surface area contributed by atoms with Gasteiger partial charge < -0.3 is 5.32 Å². The van der Waals surface area contributed by atoms with Gasteiger partial charge in [0, 0.05) is 12.3 Å². The summed E-state index contributed by atoms with van der Waals surface area (Å²) < 4.78 is 35.2. The van der Waals surface area contributed by atoms with Gasteiger partial charge in [0.25, 0.3) is 0 Å². The number of thioether (sulfide) groups is 1. The van der Waals surface area contributed by atoms with Crippen molar-refractivity contribution in [2.45, 2.75) is 32.2 Å². The van der Waals surface area contributed by atoms with Crippen molar-refractivity contribution in [2.24, 2.45) is 5.41 Å². The number of nitrogens with zero attached hydrogens (tertiary/aromatic N) is 1. The zero-order valence-electron chi connectivity index (χ0n) is 9.52. The van der Waals surface area contributed by atoms with Gasteiger partial charge in [-0.15, -0.1) is 0 Å². The maximum Gasteiger partial charge on any atom is 0.441 e. The number of hydrogen-bond acceptors (Lipinski definition) is 3. The Kier molecular flexibility index (Phi) is 6.84. The maximum atomic E-state index is 11.7. The molecule has 0 saturated heterocycles. The largest absolute Gasteiger partial charge is 0.441 e. The summed E-state index contributed by atoms with van der Waals surface area (Å²) in [5, 5.41) is 11.6. The summed E-state index contributed by atoms with van der Waals surface area (Å²) in [7, 11) is 0. The van der Waals surface area contributed by atoms with Crippen molar-refractivity contribution < 1.29 is 13.2 Å². The molecule has 0 aliphatic carbocycles. The van der Waals surface area contributed by atoms with Crippen molar-refractivity contribution in [3.8, 4) is 6.07 Å². The van der Waals surface area contributed by atoms with Crippen molar-refractivity contribution in [3.63, 3.8) is 0 Å². The third kappa shape index (κ3) is 10.1. The Labute approximate surface area is 98.6 Å². The molecule has 0 bridgehead atoms. The molecule has 0 aromatic carbocycles. The summed E-state index contributed by atoms with van der Waals surface area (Å²) >= 11 is -0.0132. The summed E-state index contributed by atoms with van der Waals surface area (Å²) in [6, 6.07) is 2.18. The van der Waals surface area contributed by atoms with Crippen molar-refractivity contribution in [2.75, 3.05) is 18.8 Å². The minimum Gasteiger partial charge on any atom is -0.316 e. The smallest absolute Gasteiger partial charge is 0.316 e. The van der Waals surface area contributed by atoms with E-state index < -0.39 is 5.51 Å². The van der Waals surface area contributed by atoms with Crippen LogP contribution < -0.4 is 5.32 Å². The fraction of sp³-hybridized carbons (Fsp3) is 0.900. The van der Waals surface area contributed by atoms with Gasteiger partial charge in [0.05, 0.1) is 11.5 Å². The van der Waals surface area contributed by atoms with Gasteiger partial charge in [0.2, 0.25) is 0 Å². The van der Waals surface area contributed by atoms with Gasteiger partial charge >= 0.3 is 5.51 Å². The molecule has 0 radical (unpaired) electrons. The zero-order valence-corrected chi connectivity index (χ0v) is 10.3. The summed E-state index contributed by atoms with van der Waals surface area (Å²) in [6.45, 7) is 4.71. The Morgan fingerprint density at radius 2 is 1.88 bits per heavy atom. The standard InChI is InChI=1S/C10H17F3N2S/c1-9(2,8-14)4-3-5-15-6-7-16-10(11,12)13/h15H,3-7H2,1-2H3. The first-order valence-corrected chi connectivity index (χ1v) is 6.08. The molecule has 0 rings (SSSR count). The van der Waals surface area contributed by atoms with E-state index in [-0.39, 0.29) is 22.9 Å². The molecule has 0 atom stereocenters. The fourth-order valence-corrected chi connectivity index (χ4v) is 1.55. The van der Waals surface area contributed by atoms with E-state index in [4.69, 9.17) is 5.26 Å². The highest BCUT2D eigenvalue weighted by molar-refractivity contribution is 8.00. The molecule has 94 valence electrons. The van der Waals surface area contributed by atoms with Crippen LogP contribution in [0.5, 0.6) is 0 Å². The monoisotopic (exact) mass is 254 g/mol. The molecule has 0 aliphatic heterocycles. The van der Waals surface area contributed by atoms with Crippen LogP contribution in [-0.4, -0.2) is 24.4 Å². The average Bonchev–Trinajstić information content (AvgIpc) is 2.14. The summed E-state index contributed by atoms with van der Waals surface area (Å²) in [4.78, 5) is 0. The van der Waals surface area contributed by atoms with E-state index in [0.29, 0.717) is 13.1 Å². The molecule has 0 aromatic heterocycles. The highest BCUT2D eigenvalue weighted by atomic mass is 32.2. The minimum absolute atomic E-state index is 0.0132. The lowest BCUT2D eigenvalue weighted by Crippen LogP contribution is -2.21. The third-order valence-corrected chi connectivity index (χ3v) is 2.74. The second-order valence-corrected chi connectivity index (χ2v) is 5.30. The maximum absolute atomic E-state index is 11.7. The van der Waals surface area contributed by atoms with Gasteiger partial charge in [0.1, 0.15) is 0 Å². The van der Waals surface area contributed by atoms with Gasteiger partial charge in [-0.25, -0.2) is 0 Å². The summed E-state index contributed by atoms with van der Waals surface area (Å²) in [5.41, 5.74) is -4.48. The van der Waals surface area contributed by atoms with E-state index in [2.05, 4.69) is 11.4 Å². The molecule has 2 nitrogen and oxygen atoms in total.